The molecule has 8 heteroatoms. The molecule has 0 radical (unpaired) electrons. The van der Waals surface area contributed by atoms with Gasteiger partial charge in [-0.3, -0.25) is 9.59 Å². The van der Waals surface area contributed by atoms with E-state index in [0.717, 1.165) is 5.56 Å². The molecule has 1 aliphatic heterocycles. The first-order chi connectivity index (χ1) is 12.5. The minimum atomic E-state index is -3.12. The van der Waals surface area contributed by atoms with Gasteiger partial charge in [0, 0.05) is 12.6 Å². The fourth-order valence-electron chi connectivity index (χ4n) is 3.24. The third-order valence-corrected chi connectivity index (χ3v) is 6.71. The molecule has 0 aromatic heterocycles. The molecule has 0 spiro atoms. The Morgan fingerprint density at radius 1 is 1.33 bits per heavy atom. The first-order valence-electron chi connectivity index (χ1n) is 8.99. The zero-order valence-corrected chi connectivity index (χ0v) is 17.4. The van der Waals surface area contributed by atoms with Crippen molar-refractivity contribution in [3.8, 4) is 5.75 Å². The molecule has 0 bridgehead atoms. The molecule has 2 amide bonds. The van der Waals surface area contributed by atoms with Crippen molar-refractivity contribution in [1.82, 2.24) is 4.90 Å². The molecule has 1 unspecified atom stereocenters. The summed E-state index contributed by atoms with van der Waals surface area (Å²) < 4.78 is 28.8. The van der Waals surface area contributed by atoms with Crippen LogP contribution in [0, 0.1) is 12.3 Å². The largest absolute Gasteiger partial charge is 0.495 e. The minimum absolute atomic E-state index is 0.0457. The monoisotopic (exact) mass is 396 g/mol. The lowest BCUT2D eigenvalue weighted by Crippen LogP contribution is -2.51. The molecule has 2 rings (SSSR count). The van der Waals surface area contributed by atoms with Crippen LogP contribution in [0.15, 0.2) is 18.2 Å². The number of carbonyl (C=O) groups is 2. The standard InChI is InChI=1S/C19H28N2O5S/c1-6-21(14-9-10-27(24,25)12-14)18(23)19(3,4)17(22)20-15-11-13(2)7-8-16(15)26-5/h7-8,11,14H,6,9-10,12H2,1-5H3,(H,20,22). The van der Waals surface area contributed by atoms with Gasteiger partial charge < -0.3 is 15.0 Å². The zero-order chi connectivity index (χ0) is 20.4. The van der Waals surface area contributed by atoms with Crippen LogP contribution in [0.5, 0.6) is 5.75 Å². The average Bonchev–Trinajstić information content (AvgIpc) is 2.95. The topological polar surface area (TPSA) is 92.8 Å². The molecule has 1 N–H and O–H groups in total. The molecular weight excluding hydrogens is 368 g/mol. The van der Waals surface area contributed by atoms with Gasteiger partial charge >= 0.3 is 0 Å². The van der Waals surface area contributed by atoms with Crippen molar-refractivity contribution in [2.45, 2.75) is 40.2 Å². The van der Waals surface area contributed by atoms with Crippen molar-refractivity contribution in [1.29, 1.82) is 0 Å². The SMILES string of the molecule is CCN(C(=O)C(C)(C)C(=O)Nc1cc(C)ccc1OC)C1CCS(=O)(=O)C1. The van der Waals surface area contributed by atoms with E-state index >= 15 is 0 Å². The molecule has 0 saturated carbocycles. The van der Waals surface area contributed by atoms with E-state index in [1.54, 1.807) is 32.9 Å². The number of hydrogen-bond acceptors (Lipinski definition) is 5. The second-order valence-corrected chi connectivity index (χ2v) is 9.66. The molecule has 27 heavy (non-hydrogen) atoms. The van der Waals surface area contributed by atoms with E-state index in [9.17, 15) is 18.0 Å². The predicted octanol–water partition coefficient (Wildman–Crippen LogP) is 2.00. The Kier molecular flexibility index (Phi) is 6.19. The van der Waals surface area contributed by atoms with Crippen LogP contribution in [0.3, 0.4) is 0 Å². The molecule has 1 aliphatic rings. The average molecular weight is 397 g/mol. The third-order valence-electron chi connectivity index (χ3n) is 4.96. The number of aryl methyl sites for hydroxylation is 1. The minimum Gasteiger partial charge on any atom is -0.495 e. The van der Waals surface area contributed by atoms with Crippen LogP contribution in [-0.4, -0.2) is 56.3 Å². The van der Waals surface area contributed by atoms with Crippen molar-refractivity contribution in [3.05, 3.63) is 23.8 Å². The predicted molar refractivity (Wildman–Crippen MR) is 105 cm³/mol. The van der Waals surface area contributed by atoms with Crippen molar-refractivity contribution in [2.75, 3.05) is 30.5 Å². The number of methoxy groups -OCH3 is 1. The summed E-state index contributed by atoms with van der Waals surface area (Å²) >= 11 is 0. The van der Waals surface area contributed by atoms with E-state index in [0.29, 0.717) is 24.4 Å². The van der Waals surface area contributed by atoms with E-state index < -0.39 is 21.2 Å². The number of rotatable bonds is 6. The number of hydrogen-bond donors (Lipinski definition) is 1. The Hall–Kier alpha value is -2.09. The first kappa shape index (κ1) is 21.2. The van der Waals surface area contributed by atoms with Crippen molar-refractivity contribution < 1.29 is 22.7 Å². The summed E-state index contributed by atoms with van der Waals surface area (Å²) in [6.07, 6.45) is 0.408. The van der Waals surface area contributed by atoms with Gasteiger partial charge in [0.15, 0.2) is 9.84 Å². The van der Waals surface area contributed by atoms with Crippen LogP contribution < -0.4 is 10.1 Å². The fourth-order valence-corrected chi connectivity index (χ4v) is 4.97. The highest BCUT2D eigenvalue weighted by Gasteiger charge is 2.43. The number of anilines is 1. The first-order valence-corrected chi connectivity index (χ1v) is 10.8. The van der Waals surface area contributed by atoms with Gasteiger partial charge in [0.25, 0.3) is 0 Å². The van der Waals surface area contributed by atoms with Gasteiger partial charge in [0.2, 0.25) is 11.8 Å². The van der Waals surface area contributed by atoms with Gasteiger partial charge in [-0.1, -0.05) is 6.07 Å². The summed E-state index contributed by atoms with van der Waals surface area (Å²) in [5.74, 6) is -0.303. The summed E-state index contributed by atoms with van der Waals surface area (Å²) in [5, 5.41) is 2.78. The number of benzene rings is 1. The highest BCUT2D eigenvalue weighted by molar-refractivity contribution is 7.91. The van der Waals surface area contributed by atoms with E-state index in [1.807, 2.05) is 13.0 Å². The highest BCUT2D eigenvalue weighted by Crippen LogP contribution is 2.30. The number of amides is 2. The van der Waals surface area contributed by atoms with E-state index in [4.69, 9.17) is 4.74 Å². The number of nitrogens with zero attached hydrogens (tertiary/aromatic N) is 1. The van der Waals surface area contributed by atoms with Gasteiger partial charge in [-0.25, -0.2) is 8.42 Å². The van der Waals surface area contributed by atoms with Gasteiger partial charge in [-0.2, -0.15) is 0 Å². The molecule has 1 saturated heterocycles. The molecule has 1 aromatic rings. The quantitative estimate of drug-likeness (QED) is 0.743. The fraction of sp³-hybridized carbons (Fsp3) is 0.579. The highest BCUT2D eigenvalue weighted by atomic mass is 32.2. The van der Waals surface area contributed by atoms with Gasteiger partial charge in [0.05, 0.1) is 24.3 Å². The van der Waals surface area contributed by atoms with E-state index in [-0.39, 0.29) is 23.5 Å². The van der Waals surface area contributed by atoms with Crippen LogP contribution >= 0.6 is 0 Å². The molecule has 7 nitrogen and oxygen atoms in total. The van der Waals surface area contributed by atoms with Crippen molar-refractivity contribution in [3.63, 3.8) is 0 Å². The second kappa shape index (κ2) is 7.88. The summed E-state index contributed by atoms with van der Waals surface area (Å²) in [6, 6.07) is 5.01. The van der Waals surface area contributed by atoms with Crippen LogP contribution in [0.25, 0.3) is 0 Å². The Labute approximate surface area is 161 Å². The van der Waals surface area contributed by atoms with Crippen LogP contribution in [0.1, 0.15) is 32.8 Å². The molecular formula is C19H28N2O5S. The smallest absolute Gasteiger partial charge is 0.239 e. The normalized spacial score (nSPS) is 18.8. The Morgan fingerprint density at radius 3 is 2.52 bits per heavy atom. The van der Waals surface area contributed by atoms with E-state index in [2.05, 4.69) is 5.32 Å². The maximum Gasteiger partial charge on any atom is 0.239 e. The lowest BCUT2D eigenvalue weighted by atomic mass is 9.89. The Bertz CT molecular complexity index is 833. The molecule has 150 valence electrons. The number of ether oxygens (including phenoxy) is 1. The van der Waals surface area contributed by atoms with Crippen molar-refractivity contribution >= 4 is 27.3 Å². The molecule has 0 aliphatic carbocycles. The number of sulfone groups is 1. The Balaban J connectivity index is 2.21. The van der Waals surface area contributed by atoms with Gasteiger partial charge in [-0.15, -0.1) is 0 Å². The number of nitrogens with one attached hydrogen (secondary N) is 1. The molecule has 1 atom stereocenters. The van der Waals surface area contributed by atoms with E-state index in [1.165, 1.54) is 12.0 Å². The van der Waals surface area contributed by atoms with Gasteiger partial charge in [0.1, 0.15) is 11.2 Å². The third kappa shape index (κ3) is 4.61. The summed E-state index contributed by atoms with van der Waals surface area (Å²) in [6.45, 7) is 7.15. The maximum absolute atomic E-state index is 13.1. The van der Waals surface area contributed by atoms with Gasteiger partial charge in [-0.05, 0) is 51.8 Å². The lowest BCUT2D eigenvalue weighted by molar-refractivity contribution is -0.147. The second-order valence-electron chi connectivity index (χ2n) is 7.43. The molecule has 1 aromatic carbocycles. The number of carbonyl (C=O) groups excluding carboxylic acids is 2. The summed E-state index contributed by atoms with van der Waals surface area (Å²) in [4.78, 5) is 27.5. The summed E-state index contributed by atoms with van der Waals surface area (Å²) in [5.41, 5.74) is 0.0911. The zero-order valence-electron chi connectivity index (χ0n) is 16.5. The lowest BCUT2D eigenvalue weighted by Gasteiger charge is -2.34. The van der Waals surface area contributed by atoms with Crippen LogP contribution in [0.2, 0.25) is 0 Å². The molecule has 1 heterocycles. The van der Waals surface area contributed by atoms with Crippen LogP contribution in [-0.2, 0) is 19.4 Å². The van der Waals surface area contributed by atoms with Crippen LogP contribution in [0.4, 0.5) is 5.69 Å². The Morgan fingerprint density at radius 2 is 2.00 bits per heavy atom. The molecule has 1 fully saturated rings. The maximum atomic E-state index is 13.1. The summed E-state index contributed by atoms with van der Waals surface area (Å²) in [7, 11) is -1.61. The van der Waals surface area contributed by atoms with Crippen molar-refractivity contribution in [2.24, 2.45) is 5.41 Å².